The van der Waals surface area contributed by atoms with Crippen molar-refractivity contribution in [3.05, 3.63) is 105 Å². The van der Waals surface area contributed by atoms with E-state index >= 15 is 0 Å². The molecule has 164 valence electrons. The number of nitrogens with one attached hydrogen (secondary N) is 2. The fourth-order valence-corrected chi connectivity index (χ4v) is 3.29. The summed E-state index contributed by atoms with van der Waals surface area (Å²) in [6, 6.07) is 20.6. The zero-order valence-electron chi connectivity index (χ0n) is 17.4. The van der Waals surface area contributed by atoms with Crippen LogP contribution in [0.4, 0.5) is 11.4 Å². The Hall–Kier alpha value is -4.20. The number of nitrogen functional groups attached to an aromatic ring is 1. The van der Waals surface area contributed by atoms with Crippen molar-refractivity contribution in [3.63, 3.8) is 0 Å². The first-order chi connectivity index (χ1) is 15.5. The van der Waals surface area contributed by atoms with Crippen LogP contribution in [0.3, 0.4) is 0 Å². The molecule has 0 unspecified atom stereocenters. The average molecular weight is 432 g/mol. The Morgan fingerprint density at radius 3 is 1.72 bits per heavy atom. The van der Waals surface area contributed by atoms with Crippen LogP contribution < -0.4 is 16.4 Å². The molecule has 0 atom stereocenters. The summed E-state index contributed by atoms with van der Waals surface area (Å²) >= 11 is 0. The maximum absolute atomic E-state index is 12.2. The standard InChI is InChI=1S/C24H24N4O4/c25-21-16-22(28(31)32)20(12-14-27-24(30)18-9-5-2-6-10-18)15-19(21)11-13-26-23(29)17-7-3-1-4-8-17/h1-10,15-16H,11-14,25H2,(H,26,29)(H,27,30). The minimum absolute atomic E-state index is 0.0893. The average Bonchev–Trinajstić information content (AvgIpc) is 2.81. The van der Waals surface area contributed by atoms with Gasteiger partial charge in [0.25, 0.3) is 17.5 Å². The second-order valence-electron chi connectivity index (χ2n) is 7.18. The van der Waals surface area contributed by atoms with Crippen LogP contribution >= 0.6 is 0 Å². The highest BCUT2D eigenvalue weighted by Crippen LogP contribution is 2.26. The lowest BCUT2D eigenvalue weighted by Gasteiger charge is -2.11. The van der Waals surface area contributed by atoms with Crippen LogP contribution in [0.5, 0.6) is 0 Å². The van der Waals surface area contributed by atoms with Gasteiger partial charge in [0.15, 0.2) is 0 Å². The Morgan fingerprint density at radius 1 is 0.781 bits per heavy atom. The molecule has 0 aliphatic carbocycles. The summed E-state index contributed by atoms with van der Waals surface area (Å²) in [7, 11) is 0. The van der Waals surface area contributed by atoms with Crippen LogP contribution in [-0.4, -0.2) is 29.8 Å². The van der Waals surface area contributed by atoms with Gasteiger partial charge in [-0.1, -0.05) is 36.4 Å². The molecule has 3 aromatic rings. The van der Waals surface area contributed by atoms with Gasteiger partial charge in [-0.2, -0.15) is 0 Å². The Balaban J connectivity index is 1.63. The molecule has 8 nitrogen and oxygen atoms in total. The number of nitrogens with two attached hydrogens (primary N) is 1. The normalized spacial score (nSPS) is 10.4. The van der Waals surface area contributed by atoms with Crippen LogP contribution in [0.15, 0.2) is 72.8 Å². The summed E-state index contributed by atoms with van der Waals surface area (Å²) in [5, 5.41) is 17.1. The van der Waals surface area contributed by atoms with Crippen molar-refractivity contribution in [2.45, 2.75) is 12.8 Å². The first-order valence-corrected chi connectivity index (χ1v) is 10.2. The first kappa shape index (κ1) is 22.5. The van der Waals surface area contributed by atoms with Crippen LogP contribution in [0, 0.1) is 10.1 Å². The van der Waals surface area contributed by atoms with Gasteiger partial charge in [-0.05, 0) is 48.7 Å². The molecular formula is C24H24N4O4. The van der Waals surface area contributed by atoms with Gasteiger partial charge in [-0.3, -0.25) is 19.7 Å². The van der Waals surface area contributed by atoms with E-state index in [9.17, 15) is 19.7 Å². The minimum atomic E-state index is -0.480. The highest BCUT2D eigenvalue weighted by molar-refractivity contribution is 5.94. The monoisotopic (exact) mass is 432 g/mol. The van der Waals surface area contributed by atoms with Crippen LogP contribution in [0.25, 0.3) is 0 Å². The fourth-order valence-electron chi connectivity index (χ4n) is 3.29. The summed E-state index contributed by atoms with van der Waals surface area (Å²) in [6.07, 6.45) is 0.699. The number of nitro benzene ring substituents is 1. The summed E-state index contributed by atoms with van der Waals surface area (Å²) in [6.45, 7) is 0.572. The topological polar surface area (TPSA) is 127 Å². The predicted molar refractivity (Wildman–Crippen MR) is 122 cm³/mol. The largest absolute Gasteiger partial charge is 0.398 e. The third-order valence-corrected chi connectivity index (χ3v) is 4.97. The molecule has 0 aliphatic rings. The van der Waals surface area contributed by atoms with E-state index in [2.05, 4.69) is 10.6 Å². The predicted octanol–water partition coefficient (Wildman–Crippen LogP) is 3.12. The Bertz CT molecular complexity index is 1100. The Morgan fingerprint density at radius 2 is 1.25 bits per heavy atom. The van der Waals surface area contributed by atoms with Crippen molar-refractivity contribution in [2.24, 2.45) is 0 Å². The second-order valence-corrected chi connectivity index (χ2v) is 7.18. The third-order valence-electron chi connectivity index (χ3n) is 4.97. The number of carbonyl (C=O) groups excluding carboxylic acids is 2. The van der Waals surface area contributed by atoms with Crippen molar-refractivity contribution in [1.82, 2.24) is 10.6 Å². The number of anilines is 1. The first-order valence-electron chi connectivity index (χ1n) is 10.2. The molecule has 0 aliphatic heterocycles. The van der Waals surface area contributed by atoms with Crippen molar-refractivity contribution in [1.29, 1.82) is 0 Å². The zero-order valence-corrected chi connectivity index (χ0v) is 17.4. The molecule has 2 amide bonds. The van der Waals surface area contributed by atoms with Crippen molar-refractivity contribution >= 4 is 23.2 Å². The summed E-state index contributed by atoms with van der Waals surface area (Å²) < 4.78 is 0. The molecule has 32 heavy (non-hydrogen) atoms. The van der Waals surface area contributed by atoms with Gasteiger partial charge >= 0.3 is 0 Å². The minimum Gasteiger partial charge on any atom is -0.398 e. The number of nitro groups is 1. The zero-order chi connectivity index (χ0) is 22.9. The second kappa shape index (κ2) is 10.7. The number of nitrogens with zero attached hydrogens (tertiary/aromatic N) is 1. The molecule has 3 rings (SSSR count). The van der Waals surface area contributed by atoms with E-state index in [-0.39, 0.29) is 30.5 Å². The lowest BCUT2D eigenvalue weighted by molar-refractivity contribution is -0.385. The molecule has 0 saturated carbocycles. The van der Waals surface area contributed by atoms with Crippen LogP contribution in [0.2, 0.25) is 0 Å². The highest BCUT2D eigenvalue weighted by Gasteiger charge is 2.17. The molecule has 0 saturated heterocycles. The third kappa shape index (κ3) is 5.91. The summed E-state index contributed by atoms with van der Waals surface area (Å²) in [5.74, 6) is -0.442. The Labute approximate surface area is 185 Å². The van der Waals surface area contributed by atoms with Gasteiger partial charge in [-0.15, -0.1) is 0 Å². The smallest absolute Gasteiger partial charge is 0.274 e. The van der Waals surface area contributed by atoms with Gasteiger partial charge < -0.3 is 16.4 Å². The van der Waals surface area contributed by atoms with Gasteiger partial charge in [0, 0.05) is 41.5 Å². The summed E-state index contributed by atoms with van der Waals surface area (Å²) in [4.78, 5) is 35.4. The van der Waals surface area contributed by atoms with E-state index in [1.54, 1.807) is 54.6 Å². The molecule has 3 aromatic carbocycles. The number of hydrogen-bond acceptors (Lipinski definition) is 5. The van der Waals surface area contributed by atoms with E-state index in [0.717, 1.165) is 0 Å². The maximum atomic E-state index is 12.2. The number of benzene rings is 3. The molecule has 8 heteroatoms. The number of rotatable bonds is 9. The lowest BCUT2D eigenvalue weighted by atomic mass is 10.0. The molecule has 0 radical (unpaired) electrons. The van der Waals surface area contributed by atoms with E-state index in [1.807, 2.05) is 12.1 Å². The lowest BCUT2D eigenvalue weighted by Crippen LogP contribution is -2.26. The molecule has 0 fully saturated rings. The van der Waals surface area contributed by atoms with Gasteiger partial charge in [0.05, 0.1) is 4.92 Å². The van der Waals surface area contributed by atoms with Crippen molar-refractivity contribution in [2.75, 3.05) is 18.8 Å². The highest BCUT2D eigenvalue weighted by atomic mass is 16.6. The molecule has 0 aromatic heterocycles. The summed E-state index contributed by atoms with van der Waals surface area (Å²) in [5.41, 5.74) is 8.48. The molecule has 4 N–H and O–H groups in total. The fraction of sp³-hybridized carbons (Fsp3) is 0.167. The van der Waals surface area contributed by atoms with Crippen LogP contribution in [-0.2, 0) is 12.8 Å². The van der Waals surface area contributed by atoms with E-state index < -0.39 is 4.92 Å². The molecule has 0 heterocycles. The van der Waals surface area contributed by atoms with Gasteiger partial charge in [0.1, 0.15) is 0 Å². The van der Waals surface area contributed by atoms with Crippen molar-refractivity contribution < 1.29 is 14.5 Å². The number of amides is 2. The van der Waals surface area contributed by atoms with Gasteiger partial charge in [0.2, 0.25) is 0 Å². The van der Waals surface area contributed by atoms with Crippen LogP contribution in [0.1, 0.15) is 31.8 Å². The number of carbonyl (C=O) groups is 2. The SMILES string of the molecule is Nc1cc([N+](=O)[O-])c(CCNC(=O)c2ccccc2)cc1CCNC(=O)c1ccccc1. The van der Waals surface area contributed by atoms with E-state index in [1.165, 1.54) is 6.07 Å². The molecule has 0 bridgehead atoms. The van der Waals surface area contributed by atoms with Crippen molar-refractivity contribution in [3.8, 4) is 0 Å². The van der Waals surface area contributed by atoms with E-state index in [0.29, 0.717) is 40.9 Å². The maximum Gasteiger partial charge on any atom is 0.274 e. The number of hydrogen-bond donors (Lipinski definition) is 3. The van der Waals surface area contributed by atoms with E-state index in [4.69, 9.17) is 5.73 Å². The molecule has 0 spiro atoms. The quantitative estimate of drug-likeness (QED) is 0.272. The molecular weight excluding hydrogens is 408 g/mol. The Kier molecular flexibility index (Phi) is 7.53. The van der Waals surface area contributed by atoms with Gasteiger partial charge in [-0.25, -0.2) is 0 Å².